The molecule has 2 aromatic carbocycles. The molecule has 4 atom stereocenters. The van der Waals surface area contributed by atoms with Crippen molar-refractivity contribution in [2.45, 2.75) is 78.4 Å². The van der Waals surface area contributed by atoms with Gasteiger partial charge in [-0.2, -0.15) is 0 Å². The highest BCUT2D eigenvalue weighted by Crippen LogP contribution is 2.67. The molecule has 2 heterocycles. The molecule has 0 radical (unpaired) electrons. The molecular formula is C30H34N2O6. The number of rotatable bonds is 4. The van der Waals surface area contributed by atoms with E-state index in [0.29, 0.717) is 37.1 Å². The van der Waals surface area contributed by atoms with Crippen LogP contribution in [0.2, 0.25) is 0 Å². The van der Waals surface area contributed by atoms with Gasteiger partial charge in [0, 0.05) is 33.0 Å². The van der Waals surface area contributed by atoms with E-state index in [1.165, 1.54) is 0 Å². The summed E-state index contributed by atoms with van der Waals surface area (Å²) in [5, 5.41) is 7.51. The van der Waals surface area contributed by atoms with Gasteiger partial charge in [-0.05, 0) is 51.7 Å². The molecule has 2 amide bonds. The maximum Gasteiger partial charge on any atom is 0.313 e. The summed E-state index contributed by atoms with van der Waals surface area (Å²) in [6.45, 7) is 11.4. The minimum atomic E-state index is -1.24. The maximum atomic E-state index is 13.7. The van der Waals surface area contributed by atoms with Gasteiger partial charge in [0.2, 0.25) is 0 Å². The van der Waals surface area contributed by atoms with Gasteiger partial charge in [-0.1, -0.05) is 52.0 Å². The van der Waals surface area contributed by atoms with Gasteiger partial charge < -0.3 is 20.1 Å². The number of esters is 2. The molecule has 2 saturated heterocycles. The van der Waals surface area contributed by atoms with Crippen LogP contribution in [0.4, 0.5) is 11.4 Å². The van der Waals surface area contributed by atoms with Crippen molar-refractivity contribution in [3.8, 4) is 0 Å². The highest BCUT2D eigenvalue weighted by molar-refractivity contribution is 6.13. The number of ether oxygens (including phenoxy) is 2. The van der Waals surface area contributed by atoms with Gasteiger partial charge in [-0.15, -0.1) is 0 Å². The highest BCUT2D eigenvalue weighted by Gasteiger charge is 2.76. The molecular weight excluding hydrogens is 484 g/mol. The molecule has 2 aliphatic carbocycles. The number of carbonyl (C=O) groups is 4. The minimum absolute atomic E-state index is 0.329. The van der Waals surface area contributed by atoms with Gasteiger partial charge in [0.05, 0.1) is 10.8 Å². The molecule has 0 spiro atoms. The van der Waals surface area contributed by atoms with E-state index < -0.39 is 32.9 Å². The Morgan fingerprint density at radius 1 is 0.632 bits per heavy atom. The lowest BCUT2D eigenvalue weighted by molar-refractivity contribution is -0.166. The fourth-order valence-electron chi connectivity index (χ4n) is 7.47. The van der Waals surface area contributed by atoms with Crippen molar-refractivity contribution in [2.24, 2.45) is 21.7 Å². The lowest BCUT2D eigenvalue weighted by Gasteiger charge is -2.35. The molecule has 8 nitrogen and oxygen atoms in total. The zero-order valence-corrected chi connectivity index (χ0v) is 22.7. The second kappa shape index (κ2) is 7.16. The summed E-state index contributed by atoms with van der Waals surface area (Å²) in [6, 6.07) is 10.9. The standard InChI is InChI=1S/C30H34N2O6/c1-25(2)27(5)13-15-29(25,37-23(27)35)21(33)31-19-11-7-10-18-17(19)9-8-12-20(18)32-22(34)30-16-14-28(6,24(36)38-30)26(30,3)4/h7-12H,13-16H2,1-6H3,(H,31,33)(H,32,34). The van der Waals surface area contributed by atoms with E-state index in [-0.39, 0.29) is 23.8 Å². The smallest absolute Gasteiger partial charge is 0.313 e. The minimum Gasteiger partial charge on any atom is -0.448 e. The van der Waals surface area contributed by atoms with Crippen LogP contribution in [0.5, 0.6) is 0 Å². The van der Waals surface area contributed by atoms with Gasteiger partial charge in [-0.25, -0.2) is 0 Å². The van der Waals surface area contributed by atoms with Crippen molar-refractivity contribution in [3.05, 3.63) is 36.4 Å². The first-order valence-electron chi connectivity index (χ1n) is 13.3. The van der Waals surface area contributed by atoms with Crippen LogP contribution in [0.1, 0.15) is 67.2 Å². The predicted molar refractivity (Wildman–Crippen MR) is 141 cm³/mol. The van der Waals surface area contributed by atoms with Crippen molar-refractivity contribution < 1.29 is 28.7 Å². The Kier molecular flexibility index (Phi) is 4.69. The summed E-state index contributed by atoms with van der Waals surface area (Å²) in [5.41, 5.74) is -4.08. The van der Waals surface area contributed by atoms with Gasteiger partial charge >= 0.3 is 11.9 Å². The topological polar surface area (TPSA) is 111 Å². The van der Waals surface area contributed by atoms with Crippen molar-refractivity contribution in [3.63, 3.8) is 0 Å². The predicted octanol–water partition coefficient (Wildman–Crippen LogP) is 4.96. The molecule has 200 valence electrons. The first-order chi connectivity index (χ1) is 17.7. The lowest BCUT2D eigenvalue weighted by atomic mass is 9.66. The Balaban J connectivity index is 1.32. The average molecular weight is 519 g/mol. The third-order valence-electron chi connectivity index (χ3n) is 11.3. The Labute approximate surface area is 221 Å². The van der Waals surface area contributed by atoms with Crippen LogP contribution in [0.25, 0.3) is 10.8 Å². The van der Waals surface area contributed by atoms with Crippen LogP contribution in [0, 0.1) is 21.7 Å². The quantitative estimate of drug-likeness (QED) is 0.554. The summed E-state index contributed by atoms with van der Waals surface area (Å²) in [4.78, 5) is 52.7. The van der Waals surface area contributed by atoms with E-state index in [0.717, 1.165) is 10.8 Å². The van der Waals surface area contributed by atoms with E-state index in [1.54, 1.807) is 24.3 Å². The fraction of sp³-hybridized carbons (Fsp3) is 0.533. The third kappa shape index (κ3) is 2.56. The summed E-state index contributed by atoms with van der Waals surface area (Å²) in [6.07, 6.45) is 2.13. The van der Waals surface area contributed by atoms with E-state index >= 15 is 0 Å². The molecule has 2 aromatic rings. The first kappa shape index (κ1) is 24.9. The van der Waals surface area contributed by atoms with E-state index in [4.69, 9.17) is 9.47 Å². The Bertz CT molecular complexity index is 1350. The number of hydrogen-bond acceptors (Lipinski definition) is 6. The van der Waals surface area contributed by atoms with Crippen LogP contribution in [0.3, 0.4) is 0 Å². The SMILES string of the molecule is CC12CCC(C(=O)Nc3cccc4c(NC(=O)C56CCC(C)(C(=O)O5)C6(C)C)cccc34)(OC1=O)C2(C)C. The summed E-state index contributed by atoms with van der Waals surface area (Å²) < 4.78 is 11.5. The third-order valence-corrected chi connectivity index (χ3v) is 11.3. The molecule has 2 N–H and O–H groups in total. The lowest BCUT2D eigenvalue weighted by Crippen LogP contribution is -2.50. The van der Waals surface area contributed by atoms with Crippen LogP contribution in [0.15, 0.2) is 36.4 Å². The van der Waals surface area contributed by atoms with E-state index in [9.17, 15) is 19.2 Å². The Morgan fingerprint density at radius 3 is 1.29 bits per heavy atom. The second-order valence-corrected chi connectivity index (χ2v) is 13.0. The Morgan fingerprint density at radius 2 is 1.00 bits per heavy atom. The number of nitrogens with one attached hydrogen (secondary N) is 2. The van der Waals surface area contributed by atoms with Crippen molar-refractivity contribution in [1.82, 2.24) is 0 Å². The molecule has 8 heteroatoms. The zero-order valence-electron chi connectivity index (χ0n) is 22.7. The number of anilines is 2. The van der Waals surface area contributed by atoms with Gasteiger partial charge in [0.15, 0.2) is 11.2 Å². The van der Waals surface area contributed by atoms with Crippen molar-refractivity contribution in [2.75, 3.05) is 10.6 Å². The van der Waals surface area contributed by atoms with Crippen molar-refractivity contribution in [1.29, 1.82) is 0 Å². The summed E-state index contributed by atoms with van der Waals surface area (Å²) in [7, 11) is 0. The van der Waals surface area contributed by atoms with Crippen LogP contribution < -0.4 is 10.6 Å². The van der Waals surface area contributed by atoms with Gasteiger partial charge in [-0.3, -0.25) is 19.2 Å². The van der Waals surface area contributed by atoms with Gasteiger partial charge in [0.1, 0.15) is 0 Å². The number of hydrogen-bond donors (Lipinski definition) is 2. The maximum absolute atomic E-state index is 13.7. The fourth-order valence-corrected chi connectivity index (χ4v) is 7.47. The summed E-state index contributed by atoms with van der Waals surface area (Å²) in [5.74, 6) is -1.35. The normalized spacial score (nSPS) is 35.7. The monoisotopic (exact) mass is 518 g/mol. The molecule has 0 aromatic heterocycles. The Hall–Kier alpha value is -3.42. The number of amides is 2. The molecule has 4 bridgehead atoms. The molecule has 4 unspecified atom stereocenters. The molecule has 4 aliphatic rings. The molecule has 6 rings (SSSR count). The van der Waals surface area contributed by atoms with Crippen molar-refractivity contribution >= 4 is 45.9 Å². The number of carbonyl (C=O) groups excluding carboxylic acids is 4. The van der Waals surface area contributed by atoms with Crippen LogP contribution in [-0.2, 0) is 28.7 Å². The molecule has 38 heavy (non-hydrogen) atoms. The zero-order chi connectivity index (χ0) is 27.5. The average Bonchev–Trinajstić information content (AvgIpc) is 3.32. The number of benzene rings is 2. The second-order valence-electron chi connectivity index (χ2n) is 13.0. The first-order valence-corrected chi connectivity index (χ1v) is 13.3. The molecule has 4 fully saturated rings. The van der Waals surface area contributed by atoms with Crippen LogP contribution in [-0.4, -0.2) is 35.0 Å². The molecule has 2 aliphatic heterocycles. The summed E-state index contributed by atoms with van der Waals surface area (Å²) >= 11 is 0. The number of fused-ring (bicyclic) bond motifs is 5. The van der Waals surface area contributed by atoms with E-state index in [1.807, 2.05) is 53.7 Å². The van der Waals surface area contributed by atoms with E-state index in [2.05, 4.69) is 10.6 Å². The van der Waals surface area contributed by atoms with Gasteiger partial charge in [0.25, 0.3) is 11.8 Å². The largest absolute Gasteiger partial charge is 0.448 e. The van der Waals surface area contributed by atoms with Crippen LogP contribution >= 0.6 is 0 Å². The highest BCUT2D eigenvalue weighted by atomic mass is 16.6. The molecule has 2 saturated carbocycles.